The molecule has 1 aliphatic carbocycles. The van der Waals surface area contributed by atoms with Crippen LogP contribution in [0.4, 0.5) is 0 Å². The van der Waals surface area contributed by atoms with Crippen LogP contribution in [0.25, 0.3) is 0 Å². The van der Waals surface area contributed by atoms with Crippen LogP contribution >= 0.6 is 0 Å². The van der Waals surface area contributed by atoms with E-state index >= 15 is 0 Å². The van der Waals surface area contributed by atoms with Gasteiger partial charge in [0, 0.05) is 19.0 Å². The van der Waals surface area contributed by atoms with Gasteiger partial charge in [-0.1, -0.05) is 19.8 Å². The van der Waals surface area contributed by atoms with Gasteiger partial charge in [0.05, 0.1) is 18.6 Å². The molecule has 0 spiro atoms. The summed E-state index contributed by atoms with van der Waals surface area (Å²) in [6, 6.07) is 0.160. The Labute approximate surface area is 114 Å². The van der Waals surface area contributed by atoms with Crippen LogP contribution in [0.1, 0.15) is 45.4 Å². The Balaban J connectivity index is 1.89. The lowest BCUT2D eigenvalue weighted by Crippen LogP contribution is -2.42. The largest absolute Gasteiger partial charge is 0.394 e. The van der Waals surface area contributed by atoms with Gasteiger partial charge >= 0.3 is 0 Å². The van der Waals surface area contributed by atoms with Crippen LogP contribution in [-0.2, 0) is 9.59 Å². The standard InChI is InChI=1S/C14H24N2O3/c1-2-11(9-17)15-14(19)10-7-13(18)16(8-10)12-5-3-4-6-12/h10-12,17H,2-9H2,1H3,(H,15,19)/t10?,11-/m0/s1. The highest BCUT2D eigenvalue weighted by molar-refractivity contribution is 5.89. The molecule has 19 heavy (non-hydrogen) atoms. The van der Waals surface area contributed by atoms with Crippen molar-refractivity contribution in [2.75, 3.05) is 13.2 Å². The lowest BCUT2D eigenvalue weighted by molar-refractivity contribution is -0.130. The van der Waals surface area contributed by atoms with E-state index in [2.05, 4.69) is 5.32 Å². The molecule has 2 aliphatic rings. The van der Waals surface area contributed by atoms with Gasteiger partial charge in [-0.15, -0.1) is 0 Å². The molecule has 1 unspecified atom stereocenters. The van der Waals surface area contributed by atoms with E-state index in [4.69, 9.17) is 5.11 Å². The minimum absolute atomic E-state index is 0.0464. The van der Waals surface area contributed by atoms with Crippen molar-refractivity contribution in [2.24, 2.45) is 5.92 Å². The molecule has 1 heterocycles. The summed E-state index contributed by atoms with van der Waals surface area (Å²) in [5, 5.41) is 11.9. The lowest BCUT2D eigenvalue weighted by Gasteiger charge is -2.24. The number of aliphatic hydroxyl groups excluding tert-OH is 1. The van der Waals surface area contributed by atoms with E-state index in [9.17, 15) is 9.59 Å². The molecule has 2 amide bonds. The maximum atomic E-state index is 12.1. The summed E-state index contributed by atoms with van der Waals surface area (Å²) in [4.78, 5) is 26.0. The van der Waals surface area contributed by atoms with E-state index in [1.165, 1.54) is 12.8 Å². The predicted octanol–water partition coefficient (Wildman–Crippen LogP) is 0.665. The summed E-state index contributed by atoms with van der Waals surface area (Å²) >= 11 is 0. The molecule has 2 rings (SSSR count). The van der Waals surface area contributed by atoms with Crippen LogP contribution in [-0.4, -0.2) is 47.1 Å². The molecule has 2 N–H and O–H groups in total. The summed E-state index contributed by atoms with van der Waals surface area (Å²) in [6.07, 6.45) is 5.56. The van der Waals surface area contributed by atoms with Crippen molar-refractivity contribution in [3.05, 3.63) is 0 Å². The molecule has 0 aromatic carbocycles. The van der Waals surface area contributed by atoms with E-state index in [1.807, 2.05) is 11.8 Å². The number of hydrogen-bond donors (Lipinski definition) is 2. The monoisotopic (exact) mass is 268 g/mol. The third kappa shape index (κ3) is 3.26. The van der Waals surface area contributed by atoms with Crippen LogP contribution < -0.4 is 5.32 Å². The molecule has 1 saturated heterocycles. The SMILES string of the molecule is CC[C@@H](CO)NC(=O)C1CC(=O)N(C2CCCC2)C1. The summed E-state index contributed by atoms with van der Waals surface area (Å²) in [7, 11) is 0. The van der Waals surface area contributed by atoms with Crippen molar-refractivity contribution in [3.8, 4) is 0 Å². The van der Waals surface area contributed by atoms with E-state index in [-0.39, 0.29) is 30.4 Å². The summed E-state index contributed by atoms with van der Waals surface area (Å²) in [6.45, 7) is 2.43. The summed E-state index contributed by atoms with van der Waals surface area (Å²) < 4.78 is 0. The van der Waals surface area contributed by atoms with Crippen molar-refractivity contribution >= 4 is 11.8 Å². The average Bonchev–Trinajstić information content (AvgIpc) is 3.04. The van der Waals surface area contributed by atoms with Crippen LogP contribution in [0.2, 0.25) is 0 Å². The molecule has 1 saturated carbocycles. The average molecular weight is 268 g/mol. The Kier molecular flexibility index (Phi) is 4.80. The number of hydrogen-bond acceptors (Lipinski definition) is 3. The minimum atomic E-state index is -0.242. The van der Waals surface area contributed by atoms with Gasteiger partial charge < -0.3 is 15.3 Å². The summed E-state index contributed by atoms with van der Waals surface area (Å²) in [5.41, 5.74) is 0. The number of carbonyl (C=O) groups excluding carboxylic acids is 2. The number of nitrogens with one attached hydrogen (secondary N) is 1. The molecule has 0 bridgehead atoms. The second kappa shape index (κ2) is 6.37. The van der Waals surface area contributed by atoms with Crippen molar-refractivity contribution in [3.63, 3.8) is 0 Å². The first-order valence-electron chi connectivity index (χ1n) is 7.36. The third-order valence-electron chi connectivity index (χ3n) is 4.35. The molecule has 1 aliphatic heterocycles. The van der Waals surface area contributed by atoms with Crippen molar-refractivity contribution in [1.82, 2.24) is 10.2 Å². The smallest absolute Gasteiger partial charge is 0.225 e. The lowest BCUT2D eigenvalue weighted by atomic mass is 10.1. The number of nitrogens with zero attached hydrogens (tertiary/aromatic N) is 1. The fourth-order valence-electron chi connectivity index (χ4n) is 3.07. The first-order valence-corrected chi connectivity index (χ1v) is 7.36. The normalized spacial score (nSPS) is 25.9. The van der Waals surface area contributed by atoms with Gasteiger partial charge in [-0.3, -0.25) is 9.59 Å². The maximum absolute atomic E-state index is 12.1. The van der Waals surface area contributed by atoms with Crippen molar-refractivity contribution < 1.29 is 14.7 Å². The van der Waals surface area contributed by atoms with Gasteiger partial charge in [-0.05, 0) is 19.3 Å². The molecular weight excluding hydrogens is 244 g/mol. The third-order valence-corrected chi connectivity index (χ3v) is 4.35. The Bertz CT molecular complexity index is 336. The van der Waals surface area contributed by atoms with Crippen molar-refractivity contribution in [1.29, 1.82) is 0 Å². The highest BCUT2D eigenvalue weighted by Gasteiger charge is 2.38. The first-order chi connectivity index (χ1) is 9.15. The number of rotatable bonds is 5. The zero-order valence-corrected chi connectivity index (χ0v) is 11.6. The highest BCUT2D eigenvalue weighted by atomic mass is 16.3. The van der Waals surface area contributed by atoms with Gasteiger partial charge in [0.25, 0.3) is 0 Å². The predicted molar refractivity (Wildman–Crippen MR) is 71.4 cm³/mol. The maximum Gasteiger partial charge on any atom is 0.225 e. The molecule has 5 heteroatoms. The summed E-state index contributed by atoms with van der Waals surface area (Å²) in [5.74, 6) is -0.215. The van der Waals surface area contributed by atoms with E-state index in [0.29, 0.717) is 25.4 Å². The number of aliphatic hydroxyl groups is 1. The Hall–Kier alpha value is -1.10. The van der Waals surface area contributed by atoms with Crippen LogP contribution in [0.15, 0.2) is 0 Å². The Morgan fingerprint density at radius 1 is 1.47 bits per heavy atom. The van der Waals surface area contributed by atoms with E-state index in [1.54, 1.807) is 0 Å². The zero-order valence-electron chi connectivity index (χ0n) is 11.6. The Morgan fingerprint density at radius 2 is 2.16 bits per heavy atom. The molecule has 5 nitrogen and oxygen atoms in total. The quantitative estimate of drug-likeness (QED) is 0.770. The first kappa shape index (κ1) is 14.3. The van der Waals surface area contributed by atoms with E-state index < -0.39 is 0 Å². The molecule has 108 valence electrons. The molecule has 2 fully saturated rings. The second-order valence-corrected chi connectivity index (χ2v) is 5.68. The number of likely N-dealkylation sites (tertiary alicyclic amines) is 1. The molecule has 2 atom stereocenters. The second-order valence-electron chi connectivity index (χ2n) is 5.68. The fraction of sp³-hybridized carbons (Fsp3) is 0.857. The fourth-order valence-corrected chi connectivity index (χ4v) is 3.07. The van der Waals surface area contributed by atoms with Gasteiger partial charge in [0.1, 0.15) is 0 Å². The van der Waals surface area contributed by atoms with Gasteiger partial charge in [0.15, 0.2) is 0 Å². The van der Waals surface area contributed by atoms with Crippen LogP contribution in [0.5, 0.6) is 0 Å². The van der Waals surface area contributed by atoms with E-state index in [0.717, 1.165) is 12.8 Å². The van der Waals surface area contributed by atoms with Crippen LogP contribution in [0.3, 0.4) is 0 Å². The van der Waals surface area contributed by atoms with Gasteiger partial charge in [0.2, 0.25) is 11.8 Å². The van der Waals surface area contributed by atoms with Gasteiger partial charge in [-0.2, -0.15) is 0 Å². The molecular formula is C14H24N2O3. The van der Waals surface area contributed by atoms with Crippen molar-refractivity contribution in [2.45, 2.75) is 57.5 Å². The highest BCUT2D eigenvalue weighted by Crippen LogP contribution is 2.29. The van der Waals surface area contributed by atoms with Gasteiger partial charge in [-0.25, -0.2) is 0 Å². The molecule has 0 aromatic rings. The topological polar surface area (TPSA) is 69.6 Å². The molecule has 0 aromatic heterocycles. The van der Waals surface area contributed by atoms with Crippen LogP contribution in [0, 0.1) is 5.92 Å². The number of amides is 2. The Morgan fingerprint density at radius 3 is 2.74 bits per heavy atom. The zero-order chi connectivity index (χ0) is 13.8. The molecule has 0 radical (unpaired) electrons. The number of carbonyl (C=O) groups is 2. The minimum Gasteiger partial charge on any atom is -0.394 e.